The van der Waals surface area contributed by atoms with Gasteiger partial charge in [-0.05, 0) is 12.5 Å². The summed E-state index contributed by atoms with van der Waals surface area (Å²) < 4.78 is 5.11. The molecule has 0 saturated heterocycles. The van der Waals surface area contributed by atoms with Crippen LogP contribution in [0.4, 0.5) is 0 Å². The maximum Gasteiger partial charge on any atom is 0.257 e. The van der Waals surface area contributed by atoms with E-state index in [1.165, 1.54) is 11.2 Å². The first-order valence-corrected chi connectivity index (χ1v) is 5.93. The molecular formula is C12H19N3O3. The number of carbonyl (C=O) groups excluding carboxylic acids is 2. The Bertz CT molecular complexity index is 414. The van der Waals surface area contributed by atoms with E-state index in [2.05, 4.69) is 0 Å². The monoisotopic (exact) mass is 253 g/mol. The van der Waals surface area contributed by atoms with Crippen molar-refractivity contribution >= 4 is 11.8 Å². The Morgan fingerprint density at radius 1 is 1.44 bits per heavy atom. The number of hydrogen-bond donors (Lipinski definition) is 2. The molecule has 0 aliphatic carbocycles. The van der Waals surface area contributed by atoms with E-state index < -0.39 is 5.91 Å². The molecule has 6 heteroatoms. The van der Waals surface area contributed by atoms with E-state index >= 15 is 0 Å². The minimum atomic E-state index is -0.526. The van der Waals surface area contributed by atoms with Crippen molar-refractivity contribution in [3.63, 3.8) is 0 Å². The Labute approximate surface area is 106 Å². The molecule has 0 radical (unpaired) electrons. The summed E-state index contributed by atoms with van der Waals surface area (Å²) in [4.78, 5) is 24.5. The molecule has 6 nitrogen and oxygen atoms in total. The molecule has 1 aromatic heterocycles. The standard InChI is InChI=1S/C12H19N3O3/c1-2-3-4-15(7-11(14)16)12(17)9-5-10(6-13)18-8-9/h5,8H,2-4,6-7,13H2,1H3,(H2,14,16). The summed E-state index contributed by atoms with van der Waals surface area (Å²) in [5.41, 5.74) is 10.9. The third-order valence-electron chi connectivity index (χ3n) is 2.52. The van der Waals surface area contributed by atoms with Gasteiger partial charge in [-0.2, -0.15) is 0 Å². The fourth-order valence-corrected chi connectivity index (χ4v) is 1.57. The lowest BCUT2D eigenvalue weighted by Crippen LogP contribution is -2.38. The van der Waals surface area contributed by atoms with Crippen LogP contribution in [0.5, 0.6) is 0 Å². The van der Waals surface area contributed by atoms with Crippen molar-refractivity contribution in [3.05, 3.63) is 23.7 Å². The molecule has 0 aliphatic heterocycles. The van der Waals surface area contributed by atoms with Gasteiger partial charge in [-0.15, -0.1) is 0 Å². The lowest BCUT2D eigenvalue weighted by Gasteiger charge is -2.19. The summed E-state index contributed by atoms with van der Waals surface area (Å²) in [6, 6.07) is 1.59. The second-order valence-electron chi connectivity index (χ2n) is 4.05. The first-order valence-electron chi connectivity index (χ1n) is 5.93. The number of nitrogens with two attached hydrogens (primary N) is 2. The van der Waals surface area contributed by atoms with Gasteiger partial charge in [0.15, 0.2) is 0 Å². The first-order chi connectivity index (χ1) is 8.58. The highest BCUT2D eigenvalue weighted by atomic mass is 16.3. The molecule has 2 amide bonds. The van der Waals surface area contributed by atoms with Gasteiger partial charge in [0.25, 0.3) is 5.91 Å². The predicted octanol–water partition coefficient (Wildman–Crippen LogP) is 0.466. The molecule has 0 aromatic carbocycles. The smallest absolute Gasteiger partial charge is 0.257 e. The number of rotatable bonds is 7. The Hall–Kier alpha value is -1.82. The molecule has 18 heavy (non-hydrogen) atoms. The third kappa shape index (κ3) is 3.89. The summed E-state index contributed by atoms with van der Waals surface area (Å²) in [6.45, 7) is 2.67. The molecule has 0 atom stereocenters. The molecule has 0 aliphatic rings. The molecule has 0 fully saturated rings. The summed E-state index contributed by atoms with van der Waals surface area (Å²) in [5.74, 6) is -0.249. The van der Waals surface area contributed by atoms with E-state index in [1.54, 1.807) is 6.07 Å². The van der Waals surface area contributed by atoms with E-state index in [0.717, 1.165) is 12.8 Å². The van der Waals surface area contributed by atoms with Gasteiger partial charge in [0.1, 0.15) is 12.0 Å². The van der Waals surface area contributed by atoms with Crippen LogP contribution in [0.3, 0.4) is 0 Å². The van der Waals surface area contributed by atoms with Crippen LogP contribution in [-0.2, 0) is 11.3 Å². The molecule has 100 valence electrons. The van der Waals surface area contributed by atoms with Crippen molar-refractivity contribution in [1.29, 1.82) is 0 Å². The lowest BCUT2D eigenvalue weighted by atomic mass is 10.2. The van der Waals surface area contributed by atoms with Crippen LogP contribution in [0.15, 0.2) is 16.7 Å². The van der Waals surface area contributed by atoms with Gasteiger partial charge < -0.3 is 20.8 Å². The van der Waals surface area contributed by atoms with Crippen LogP contribution in [0, 0.1) is 0 Å². The van der Waals surface area contributed by atoms with E-state index in [-0.39, 0.29) is 19.0 Å². The fraction of sp³-hybridized carbons (Fsp3) is 0.500. The number of unbranched alkanes of at least 4 members (excludes halogenated alkanes) is 1. The first kappa shape index (κ1) is 14.2. The number of primary amides is 1. The molecule has 0 saturated carbocycles. The van der Waals surface area contributed by atoms with Gasteiger partial charge in [-0.1, -0.05) is 13.3 Å². The molecule has 4 N–H and O–H groups in total. The molecule has 0 unspecified atom stereocenters. The highest BCUT2D eigenvalue weighted by molar-refractivity contribution is 5.96. The van der Waals surface area contributed by atoms with Crippen LogP contribution in [-0.4, -0.2) is 29.8 Å². The number of furan rings is 1. The summed E-state index contributed by atoms with van der Waals surface area (Å²) in [7, 11) is 0. The number of carbonyl (C=O) groups is 2. The molecule has 0 bridgehead atoms. The van der Waals surface area contributed by atoms with Crippen molar-refractivity contribution < 1.29 is 14.0 Å². The maximum atomic E-state index is 12.1. The average Bonchev–Trinajstić information content (AvgIpc) is 2.81. The second-order valence-corrected chi connectivity index (χ2v) is 4.05. The van der Waals surface area contributed by atoms with Crippen molar-refractivity contribution in [1.82, 2.24) is 4.90 Å². The van der Waals surface area contributed by atoms with Crippen molar-refractivity contribution in [2.45, 2.75) is 26.3 Å². The predicted molar refractivity (Wildman–Crippen MR) is 66.6 cm³/mol. The van der Waals surface area contributed by atoms with Crippen LogP contribution >= 0.6 is 0 Å². The van der Waals surface area contributed by atoms with Gasteiger partial charge in [-0.3, -0.25) is 9.59 Å². The Morgan fingerprint density at radius 3 is 2.67 bits per heavy atom. The third-order valence-corrected chi connectivity index (χ3v) is 2.52. The van der Waals surface area contributed by atoms with E-state index in [1.807, 2.05) is 6.92 Å². The lowest BCUT2D eigenvalue weighted by molar-refractivity contribution is -0.118. The van der Waals surface area contributed by atoms with Crippen molar-refractivity contribution in [3.8, 4) is 0 Å². The van der Waals surface area contributed by atoms with Gasteiger partial charge in [0.2, 0.25) is 5.91 Å². The van der Waals surface area contributed by atoms with Gasteiger partial charge in [-0.25, -0.2) is 0 Å². The highest BCUT2D eigenvalue weighted by Gasteiger charge is 2.19. The largest absolute Gasteiger partial charge is 0.467 e. The van der Waals surface area contributed by atoms with Gasteiger partial charge in [0.05, 0.1) is 18.7 Å². The normalized spacial score (nSPS) is 10.3. The summed E-state index contributed by atoms with van der Waals surface area (Å²) in [6.07, 6.45) is 3.10. The van der Waals surface area contributed by atoms with Crippen LogP contribution in [0.2, 0.25) is 0 Å². The summed E-state index contributed by atoms with van der Waals surface area (Å²) in [5, 5.41) is 0. The topological polar surface area (TPSA) is 103 Å². The fourth-order valence-electron chi connectivity index (χ4n) is 1.57. The van der Waals surface area contributed by atoms with Crippen molar-refractivity contribution in [2.75, 3.05) is 13.1 Å². The number of amides is 2. The molecule has 0 spiro atoms. The average molecular weight is 253 g/mol. The van der Waals surface area contributed by atoms with E-state index in [0.29, 0.717) is 17.9 Å². The number of nitrogens with zero attached hydrogens (tertiary/aromatic N) is 1. The van der Waals surface area contributed by atoms with Gasteiger partial charge in [0, 0.05) is 6.54 Å². The Balaban J connectivity index is 2.76. The minimum absolute atomic E-state index is 0.0814. The van der Waals surface area contributed by atoms with E-state index in [9.17, 15) is 9.59 Å². The zero-order valence-electron chi connectivity index (χ0n) is 10.5. The highest BCUT2D eigenvalue weighted by Crippen LogP contribution is 2.11. The van der Waals surface area contributed by atoms with Gasteiger partial charge >= 0.3 is 0 Å². The minimum Gasteiger partial charge on any atom is -0.467 e. The zero-order valence-corrected chi connectivity index (χ0v) is 10.5. The maximum absolute atomic E-state index is 12.1. The number of hydrogen-bond acceptors (Lipinski definition) is 4. The van der Waals surface area contributed by atoms with Crippen molar-refractivity contribution in [2.24, 2.45) is 11.5 Å². The van der Waals surface area contributed by atoms with Crippen LogP contribution in [0.25, 0.3) is 0 Å². The molecule has 1 aromatic rings. The molecule has 1 rings (SSSR count). The molecular weight excluding hydrogens is 234 g/mol. The van der Waals surface area contributed by atoms with E-state index in [4.69, 9.17) is 15.9 Å². The summed E-state index contributed by atoms with van der Waals surface area (Å²) >= 11 is 0. The second kappa shape index (κ2) is 6.80. The van der Waals surface area contributed by atoms with Crippen LogP contribution < -0.4 is 11.5 Å². The molecule has 1 heterocycles. The Morgan fingerprint density at radius 2 is 2.17 bits per heavy atom. The zero-order chi connectivity index (χ0) is 13.5. The van der Waals surface area contributed by atoms with Crippen LogP contribution in [0.1, 0.15) is 35.9 Å². The Kier molecular flexibility index (Phi) is 5.38. The SMILES string of the molecule is CCCCN(CC(N)=O)C(=O)c1coc(CN)c1. The quantitative estimate of drug-likeness (QED) is 0.737.